The molecule has 156 valence electrons. The number of benzene rings is 2. The SMILES string of the molecule is CC(C)CCOc1ccc(C(=O)c2cccc3c2OC(N)(c2nn[nH]n2)CO3)cc1. The van der Waals surface area contributed by atoms with Crippen LogP contribution >= 0.6 is 0 Å². The number of nitrogens with one attached hydrogen (secondary N) is 1. The van der Waals surface area contributed by atoms with Crippen molar-refractivity contribution in [3.8, 4) is 17.2 Å². The molecule has 0 radical (unpaired) electrons. The Morgan fingerprint density at radius 1 is 1.27 bits per heavy atom. The molecule has 1 aromatic heterocycles. The maximum atomic E-state index is 13.2. The summed E-state index contributed by atoms with van der Waals surface area (Å²) in [5, 5.41) is 13.6. The summed E-state index contributed by atoms with van der Waals surface area (Å²) in [4.78, 5) is 13.2. The van der Waals surface area contributed by atoms with Crippen molar-refractivity contribution in [2.24, 2.45) is 11.7 Å². The first-order chi connectivity index (χ1) is 14.5. The number of hydrogen-bond donors (Lipinski definition) is 2. The number of nitrogens with two attached hydrogens (primary N) is 1. The van der Waals surface area contributed by atoms with E-state index in [1.165, 1.54) is 0 Å². The van der Waals surface area contributed by atoms with Gasteiger partial charge in [-0.15, -0.1) is 10.2 Å². The van der Waals surface area contributed by atoms with E-state index in [-0.39, 0.29) is 24.0 Å². The molecule has 3 aromatic rings. The second-order valence-corrected chi connectivity index (χ2v) is 7.53. The zero-order valence-corrected chi connectivity index (χ0v) is 16.8. The summed E-state index contributed by atoms with van der Waals surface area (Å²) in [6.45, 7) is 4.91. The maximum absolute atomic E-state index is 13.2. The van der Waals surface area contributed by atoms with Gasteiger partial charge in [0, 0.05) is 5.56 Å². The van der Waals surface area contributed by atoms with Crippen LogP contribution in [0.2, 0.25) is 0 Å². The summed E-state index contributed by atoms with van der Waals surface area (Å²) in [6, 6.07) is 12.1. The number of tetrazole rings is 1. The van der Waals surface area contributed by atoms with Crippen molar-refractivity contribution >= 4 is 5.78 Å². The van der Waals surface area contributed by atoms with Gasteiger partial charge in [-0.1, -0.05) is 19.9 Å². The van der Waals surface area contributed by atoms with Gasteiger partial charge in [0.2, 0.25) is 5.82 Å². The average Bonchev–Trinajstić information content (AvgIpc) is 3.29. The minimum absolute atomic E-state index is 0.0143. The highest BCUT2D eigenvalue weighted by molar-refractivity contribution is 6.11. The fourth-order valence-electron chi connectivity index (χ4n) is 3.03. The van der Waals surface area contributed by atoms with Crippen molar-refractivity contribution in [1.29, 1.82) is 0 Å². The van der Waals surface area contributed by atoms with Gasteiger partial charge in [0.15, 0.2) is 17.3 Å². The molecular formula is C21H23N5O4. The van der Waals surface area contributed by atoms with E-state index < -0.39 is 5.72 Å². The molecule has 0 aliphatic carbocycles. The normalized spacial score (nSPS) is 17.7. The van der Waals surface area contributed by atoms with Crippen LogP contribution in [0.15, 0.2) is 42.5 Å². The van der Waals surface area contributed by atoms with Crippen molar-refractivity contribution in [3.05, 3.63) is 59.4 Å². The predicted molar refractivity (Wildman–Crippen MR) is 107 cm³/mol. The Hall–Kier alpha value is -3.46. The van der Waals surface area contributed by atoms with Crippen LogP contribution in [-0.2, 0) is 5.72 Å². The highest BCUT2D eigenvalue weighted by Gasteiger charge is 2.41. The number of aromatic nitrogens is 4. The highest BCUT2D eigenvalue weighted by atomic mass is 16.6. The first-order valence-corrected chi connectivity index (χ1v) is 9.71. The smallest absolute Gasteiger partial charge is 0.257 e. The number of para-hydroxylation sites is 1. The second kappa shape index (κ2) is 8.11. The van der Waals surface area contributed by atoms with Crippen LogP contribution in [0.1, 0.15) is 42.0 Å². The van der Waals surface area contributed by atoms with Crippen LogP contribution in [0.25, 0.3) is 0 Å². The number of carbonyl (C=O) groups excluding carboxylic acids is 1. The van der Waals surface area contributed by atoms with Gasteiger partial charge in [0.1, 0.15) is 12.4 Å². The van der Waals surface area contributed by atoms with Gasteiger partial charge < -0.3 is 14.2 Å². The van der Waals surface area contributed by atoms with Gasteiger partial charge >= 0.3 is 0 Å². The van der Waals surface area contributed by atoms with E-state index in [2.05, 4.69) is 34.5 Å². The lowest BCUT2D eigenvalue weighted by atomic mass is 10.0. The quantitative estimate of drug-likeness (QED) is 0.570. The molecule has 0 saturated heterocycles. The van der Waals surface area contributed by atoms with Gasteiger partial charge in [0.25, 0.3) is 5.72 Å². The van der Waals surface area contributed by atoms with Crippen LogP contribution in [0.5, 0.6) is 17.2 Å². The number of rotatable bonds is 7. The van der Waals surface area contributed by atoms with Crippen LogP contribution in [0, 0.1) is 5.92 Å². The summed E-state index contributed by atoms with van der Waals surface area (Å²) in [5.41, 5.74) is 5.65. The summed E-state index contributed by atoms with van der Waals surface area (Å²) >= 11 is 0. The van der Waals surface area contributed by atoms with E-state index in [1.807, 2.05) is 0 Å². The molecule has 2 heterocycles. The van der Waals surface area contributed by atoms with Crippen molar-refractivity contribution in [2.45, 2.75) is 26.0 Å². The molecule has 9 nitrogen and oxygen atoms in total. The largest absolute Gasteiger partial charge is 0.494 e. The van der Waals surface area contributed by atoms with Gasteiger partial charge in [-0.2, -0.15) is 5.21 Å². The van der Waals surface area contributed by atoms with E-state index in [0.29, 0.717) is 29.4 Å². The number of aromatic amines is 1. The lowest BCUT2D eigenvalue weighted by Crippen LogP contribution is -2.51. The van der Waals surface area contributed by atoms with Crippen molar-refractivity contribution in [1.82, 2.24) is 20.6 Å². The first kappa shape index (κ1) is 19.8. The number of carbonyl (C=O) groups is 1. The molecule has 0 fully saturated rings. The molecule has 1 aliphatic rings. The molecule has 0 bridgehead atoms. The molecule has 9 heteroatoms. The Labute approximate surface area is 173 Å². The van der Waals surface area contributed by atoms with E-state index in [1.54, 1.807) is 42.5 Å². The Bertz CT molecular complexity index is 1020. The van der Waals surface area contributed by atoms with Crippen LogP contribution in [0.3, 0.4) is 0 Å². The van der Waals surface area contributed by atoms with Crippen molar-refractivity contribution in [2.75, 3.05) is 13.2 Å². The van der Waals surface area contributed by atoms with Crippen molar-refractivity contribution < 1.29 is 19.0 Å². The molecule has 3 N–H and O–H groups in total. The van der Waals surface area contributed by atoms with Gasteiger partial charge in [0.05, 0.1) is 12.2 Å². The summed E-state index contributed by atoms with van der Waals surface area (Å²) in [6.07, 6.45) is 0.968. The van der Waals surface area contributed by atoms with E-state index in [0.717, 1.165) is 12.2 Å². The number of ketones is 1. The third-order valence-corrected chi connectivity index (χ3v) is 4.75. The van der Waals surface area contributed by atoms with E-state index in [4.69, 9.17) is 19.9 Å². The fraction of sp³-hybridized carbons (Fsp3) is 0.333. The first-order valence-electron chi connectivity index (χ1n) is 9.71. The number of nitrogens with zero attached hydrogens (tertiary/aromatic N) is 3. The molecule has 2 aromatic carbocycles. The summed E-state index contributed by atoms with van der Waals surface area (Å²) in [5.74, 6) is 1.89. The second-order valence-electron chi connectivity index (χ2n) is 7.53. The van der Waals surface area contributed by atoms with Gasteiger partial charge in [-0.05, 0) is 54.0 Å². The van der Waals surface area contributed by atoms with E-state index in [9.17, 15) is 4.79 Å². The number of hydrogen-bond acceptors (Lipinski definition) is 8. The Balaban J connectivity index is 1.56. The predicted octanol–water partition coefficient (Wildman–Crippen LogP) is 2.44. The van der Waals surface area contributed by atoms with Crippen LogP contribution < -0.4 is 19.9 Å². The lowest BCUT2D eigenvalue weighted by Gasteiger charge is -2.33. The maximum Gasteiger partial charge on any atom is 0.257 e. The summed E-state index contributed by atoms with van der Waals surface area (Å²) in [7, 11) is 0. The minimum atomic E-state index is -1.45. The molecule has 0 amide bonds. The molecule has 30 heavy (non-hydrogen) atoms. The van der Waals surface area contributed by atoms with E-state index >= 15 is 0 Å². The zero-order valence-electron chi connectivity index (χ0n) is 16.8. The third-order valence-electron chi connectivity index (χ3n) is 4.75. The van der Waals surface area contributed by atoms with Gasteiger partial charge in [-0.25, -0.2) is 0 Å². The standard InChI is InChI=1S/C21H23N5O4/c1-13(2)10-11-28-15-8-6-14(7-9-15)18(27)16-4-3-5-17-19(16)30-21(22,12-29-17)20-23-25-26-24-20/h3-9,13H,10-12,22H2,1-2H3,(H,23,24,25,26). The molecule has 1 unspecified atom stereocenters. The molecule has 4 rings (SSSR count). The molecule has 1 atom stereocenters. The molecule has 0 spiro atoms. The van der Waals surface area contributed by atoms with Crippen molar-refractivity contribution in [3.63, 3.8) is 0 Å². The summed E-state index contributed by atoms with van der Waals surface area (Å²) < 4.78 is 17.4. The average molecular weight is 409 g/mol. The van der Waals surface area contributed by atoms with Crippen LogP contribution in [0.4, 0.5) is 0 Å². The lowest BCUT2D eigenvalue weighted by molar-refractivity contribution is -0.0154. The Morgan fingerprint density at radius 3 is 2.77 bits per heavy atom. The molecular weight excluding hydrogens is 386 g/mol. The van der Waals surface area contributed by atoms with Crippen LogP contribution in [-0.4, -0.2) is 39.6 Å². The Morgan fingerprint density at radius 2 is 2.07 bits per heavy atom. The highest BCUT2D eigenvalue weighted by Crippen LogP contribution is 2.40. The topological polar surface area (TPSA) is 125 Å². The zero-order chi connectivity index (χ0) is 21.1. The Kier molecular flexibility index (Phi) is 5.37. The number of fused-ring (bicyclic) bond motifs is 1. The number of H-pyrrole nitrogens is 1. The number of ether oxygens (including phenoxy) is 3. The monoisotopic (exact) mass is 409 g/mol. The minimum Gasteiger partial charge on any atom is -0.494 e. The third kappa shape index (κ3) is 3.97. The fourth-order valence-corrected chi connectivity index (χ4v) is 3.03. The molecule has 1 aliphatic heterocycles. The molecule has 0 saturated carbocycles. The van der Waals surface area contributed by atoms with Gasteiger partial charge in [-0.3, -0.25) is 10.5 Å².